The normalized spacial score (nSPS) is 26.3. The molecule has 5 heteroatoms. The lowest BCUT2D eigenvalue weighted by atomic mass is 9.93. The summed E-state index contributed by atoms with van der Waals surface area (Å²) < 4.78 is 5.01. The molecule has 2 rings (SSSR count). The molecule has 1 aromatic carbocycles. The van der Waals surface area contributed by atoms with Crippen molar-refractivity contribution in [1.29, 1.82) is 0 Å². The van der Waals surface area contributed by atoms with Crippen LogP contribution in [0, 0.1) is 5.92 Å². The van der Waals surface area contributed by atoms with Gasteiger partial charge in [0.15, 0.2) is 0 Å². The van der Waals surface area contributed by atoms with E-state index >= 15 is 0 Å². The molecule has 0 heterocycles. The van der Waals surface area contributed by atoms with Gasteiger partial charge in [0.25, 0.3) is 0 Å². The number of hydrogen-bond acceptors (Lipinski definition) is 3. The van der Waals surface area contributed by atoms with E-state index in [0.29, 0.717) is 11.3 Å². The van der Waals surface area contributed by atoms with Crippen molar-refractivity contribution in [2.45, 2.75) is 11.8 Å². The highest BCUT2D eigenvalue weighted by Crippen LogP contribution is 2.55. The summed E-state index contributed by atoms with van der Waals surface area (Å²) in [7, 11) is 1.48. The van der Waals surface area contributed by atoms with E-state index in [4.69, 9.17) is 9.84 Å². The molecule has 0 spiro atoms. The Bertz CT molecular complexity index is 482. The van der Waals surface area contributed by atoms with Gasteiger partial charge in [-0.25, -0.2) is 0 Å². The zero-order valence-corrected chi connectivity index (χ0v) is 9.21. The molecule has 1 fully saturated rings. The summed E-state index contributed by atoms with van der Waals surface area (Å²) in [5.74, 6) is -2.50. The van der Waals surface area contributed by atoms with E-state index in [0.717, 1.165) is 0 Å². The Hall–Kier alpha value is -2.04. The maximum absolute atomic E-state index is 11.3. The number of aliphatic carboxylic acids is 2. The molecule has 0 aliphatic heterocycles. The zero-order chi connectivity index (χ0) is 12.6. The van der Waals surface area contributed by atoms with Gasteiger partial charge in [0.05, 0.1) is 13.0 Å². The Balaban J connectivity index is 2.42. The third-order valence-electron chi connectivity index (χ3n) is 3.23. The van der Waals surface area contributed by atoms with E-state index in [1.54, 1.807) is 24.3 Å². The van der Waals surface area contributed by atoms with Gasteiger partial charge in [0.2, 0.25) is 0 Å². The Labute approximate surface area is 97.6 Å². The Morgan fingerprint density at radius 3 is 2.59 bits per heavy atom. The van der Waals surface area contributed by atoms with Crippen LogP contribution in [0.5, 0.6) is 5.75 Å². The maximum Gasteiger partial charge on any atom is 0.315 e. The fraction of sp³-hybridized carbons (Fsp3) is 0.333. The second kappa shape index (κ2) is 3.76. The van der Waals surface area contributed by atoms with Gasteiger partial charge in [-0.1, -0.05) is 12.1 Å². The summed E-state index contributed by atoms with van der Waals surface area (Å²) >= 11 is 0. The molecule has 1 aliphatic carbocycles. The molecular weight excluding hydrogens is 224 g/mol. The molecule has 2 N–H and O–H groups in total. The van der Waals surface area contributed by atoms with Crippen LogP contribution in [0.1, 0.15) is 12.0 Å². The SMILES string of the molecule is COc1cccc(C2(C(=O)O)CC2C(=O)O)c1. The molecule has 0 saturated heterocycles. The van der Waals surface area contributed by atoms with E-state index in [2.05, 4.69) is 0 Å². The minimum Gasteiger partial charge on any atom is -0.497 e. The van der Waals surface area contributed by atoms with Crippen molar-refractivity contribution in [3.63, 3.8) is 0 Å². The molecule has 0 radical (unpaired) electrons. The molecule has 1 aromatic rings. The highest BCUT2D eigenvalue weighted by Gasteiger charge is 2.65. The lowest BCUT2D eigenvalue weighted by molar-refractivity contribution is -0.145. The van der Waals surface area contributed by atoms with Crippen LogP contribution in [0.3, 0.4) is 0 Å². The number of benzene rings is 1. The molecule has 2 atom stereocenters. The van der Waals surface area contributed by atoms with Gasteiger partial charge < -0.3 is 14.9 Å². The van der Waals surface area contributed by atoms with E-state index in [1.807, 2.05) is 0 Å². The van der Waals surface area contributed by atoms with Crippen molar-refractivity contribution >= 4 is 11.9 Å². The average Bonchev–Trinajstić information content (AvgIpc) is 3.06. The van der Waals surface area contributed by atoms with Gasteiger partial charge >= 0.3 is 11.9 Å². The number of carbonyl (C=O) groups is 2. The van der Waals surface area contributed by atoms with E-state index in [-0.39, 0.29) is 6.42 Å². The molecule has 1 aliphatic rings. The molecule has 0 aromatic heterocycles. The molecular formula is C12H12O5. The second-order valence-electron chi connectivity index (χ2n) is 4.10. The van der Waals surface area contributed by atoms with Crippen molar-refractivity contribution in [3.8, 4) is 5.75 Å². The molecule has 5 nitrogen and oxygen atoms in total. The first kappa shape index (κ1) is 11.4. The first-order valence-electron chi connectivity index (χ1n) is 5.13. The highest BCUT2D eigenvalue weighted by atomic mass is 16.5. The van der Waals surface area contributed by atoms with Gasteiger partial charge in [-0.05, 0) is 24.1 Å². The van der Waals surface area contributed by atoms with Crippen LogP contribution in [0.25, 0.3) is 0 Å². The topological polar surface area (TPSA) is 83.8 Å². The second-order valence-corrected chi connectivity index (χ2v) is 4.10. The average molecular weight is 236 g/mol. The standard InChI is InChI=1S/C12H12O5/c1-17-8-4-2-3-7(5-8)12(11(15)16)6-9(12)10(13)14/h2-5,9H,6H2,1H3,(H,13,14)(H,15,16). The number of carboxylic acid groups (broad SMARTS) is 2. The lowest BCUT2D eigenvalue weighted by Gasteiger charge is -2.12. The van der Waals surface area contributed by atoms with Crippen molar-refractivity contribution in [3.05, 3.63) is 29.8 Å². The van der Waals surface area contributed by atoms with Crippen LogP contribution in [0.4, 0.5) is 0 Å². The summed E-state index contributed by atoms with van der Waals surface area (Å²) in [6.45, 7) is 0. The first-order valence-corrected chi connectivity index (χ1v) is 5.13. The third-order valence-corrected chi connectivity index (χ3v) is 3.23. The molecule has 90 valence electrons. The highest BCUT2D eigenvalue weighted by molar-refractivity contribution is 5.94. The van der Waals surface area contributed by atoms with Crippen LogP contribution in [-0.4, -0.2) is 29.3 Å². The number of rotatable bonds is 4. The quantitative estimate of drug-likeness (QED) is 0.818. The van der Waals surface area contributed by atoms with Crippen molar-refractivity contribution in [1.82, 2.24) is 0 Å². The summed E-state index contributed by atoms with van der Waals surface area (Å²) in [5.41, 5.74) is -0.808. The smallest absolute Gasteiger partial charge is 0.315 e. The van der Waals surface area contributed by atoms with Crippen molar-refractivity contribution < 1.29 is 24.5 Å². The predicted octanol–water partition coefficient (Wildman–Crippen LogP) is 1.12. The summed E-state index contributed by atoms with van der Waals surface area (Å²) in [5, 5.41) is 18.2. The van der Waals surface area contributed by atoms with Crippen LogP contribution >= 0.6 is 0 Å². The minimum atomic E-state index is -1.29. The van der Waals surface area contributed by atoms with Gasteiger partial charge in [-0.15, -0.1) is 0 Å². The third kappa shape index (κ3) is 1.63. The fourth-order valence-electron chi connectivity index (χ4n) is 2.14. The predicted molar refractivity (Wildman–Crippen MR) is 58.1 cm³/mol. The monoisotopic (exact) mass is 236 g/mol. The van der Waals surface area contributed by atoms with E-state index in [1.165, 1.54) is 7.11 Å². The fourth-order valence-corrected chi connectivity index (χ4v) is 2.14. The Morgan fingerprint density at radius 2 is 2.12 bits per heavy atom. The van der Waals surface area contributed by atoms with Crippen LogP contribution in [-0.2, 0) is 15.0 Å². The van der Waals surface area contributed by atoms with Crippen LogP contribution in [0.2, 0.25) is 0 Å². The van der Waals surface area contributed by atoms with Gasteiger partial charge in [-0.3, -0.25) is 9.59 Å². The van der Waals surface area contributed by atoms with Gasteiger partial charge in [0, 0.05) is 0 Å². The number of methoxy groups -OCH3 is 1. The Morgan fingerprint density at radius 1 is 1.41 bits per heavy atom. The molecule has 1 saturated carbocycles. The first-order chi connectivity index (χ1) is 8.02. The van der Waals surface area contributed by atoms with Crippen molar-refractivity contribution in [2.75, 3.05) is 7.11 Å². The number of hydrogen-bond donors (Lipinski definition) is 2. The van der Waals surface area contributed by atoms with Crippen LogP contribution < -0.4 is 4.74 Å². The number of carboxylic acids is 2. The van der Waals surface area contributed by atoms with E-state index in [9.17, 15) is 14.7 Å². The summed E-state index contributed by atoms with van der Waals surface area (Å²) in [6.07, 6.45) is 0.130. The zero-order valence-electron chi connectivity index (χ0n) is 9.21. The largest absolute Gasteiger partial charge is 0.497 e. The number of ether oxygens (including phenoxy) is 1. The van der Waals surface area contributed by atoms with E-state index < -0.39 is 23.3 Å². The molecule has 17 heavy (non-hydrogen) atoms. The van der Waals surface area contributed by atoms with Gasteiger partial charge in [0.1, 0.15) is 11.2 Å². The molecule has 2 unspecified atom stereocenters. The molecule has 0 amide bonds. The summed E-state index contributed by atoms with van der Waals surface area (Å²) in [6, 6.07) is 6.56. The summed E-state index contributed by atoms with van der Waals surface area (Å²) in [4.78, 5) is 22.2. The minimum absolute atomic E-state index is 0.130. The van der Waals surface area contributed by atoms with Gasteiger partial charge in [-0.2, -0.15) is 0 Å². The van der Waals surface area contributed by atoms with Crippen molar-refractivity contribution in [2.24, 2.45) is 5.92 Å². The molecule has 0 bridgehead atoms. The lowest BCUT2D eigenvalue weighted by Crippen LogP contribution is -2.25. The maximum atomic E-state index is 11.3. The Kier molecular flexibility index (Phi) is 2.53. The van der Waals surface area contributed by atoms with Crippen LogP contribution in [0.15, 0.2) is 24.3 Å².